The van der Waals surface area contributed by atoms with Crippen LogP contribution < -0.4 is 10.1 Å². The van der Waals surface area contributed by atoms with Gasteiger partial charge in [-0.05, 0) is 38.0 Å². The number of aromatic nitrogens is 1. The van der Waals surface area contributed by atoms with Gasteiger partial charge in [-0.25, -0.2) is 4.98 Å². The van der Waals surface area contributed by atoms with Gasteiger partial charge in [0, 0.05) is 23.4 Å². The van der Waals surface area contributed by atoms with Crippen LogP contribution in [0.1, 0.15) is 33.2 Å². The zero-order chi connectivity index (χ0) is 15.7. The van der Waals surface area contributed by atoms with E-state index in [1.165, 1.54) is 16.0 Å². The number of benzene rings is 1. The van der Waals surface area contributed by atoms with E-state index in [-0.39, 0.29) is 11.8 Å². The highest BCUT2D eigenvalue weighted by atomic mass is 32.1. The van der Waals surface area contributed by atoms with Crippen LogP contribution in [0, 0.1) is 20.8 Å². The molecule has 0 bridgehead atoms. The minimum absolute atomic E-state index is 0.0455. The van der Waals surface area contributed by atoms with Gasteiger partial charge in [0.1, 0.15) is 18.3 Å². The normalized spacial score (nSPS) is 16.2. The second kappa shape index (κ2) is 6.08. The summed E-state index contributed by atoms with van der Waals surface area (Å²) < 4.78 is 5.67. The molecule has 0 radical (unpaired) electrons. The lowest BCUT2D eigenvalue weighted by Crippen LogP contribution is -2.31. The van der Waals surface area contributed by atoms with Gasteiger partial charge in [-0.2, -0.15) is 0 Å². The molecule has 1 aliphatic rings. The average Bonchev–Trinajstić information content (AvgIpc) is 3.06. The lowest BCUT2D eigenvalue weighted by atomic mass is 9.96. The molecule has 0 aliphatic carbocycles. The lowest BCUT2D eigenvalue weighted by Gasteiger charge is -2.11. The number of fused-ring (bicyclic) bond motifs is 1. The van der Waals surface area contributed by atoms with E-state index < -0.39 is 0 Å². The topological polar surface area (TPSA) is 51.2 Å². The van der Waals surface area contributed by atoms with Crippen molar-refractivity contribution in [1.29, 1.82) is 0 Å². The number of thiazole rings is 1. The van der Waals surface area contributed by atoms with Crippen LogP contribution in [0.15, 0.2) is 17.6 Å². The molecule has 0 spiro atoms. The largest absolute Gasteiger partial charge is 0.492 e. The molecule has 0 saturated carbocycles. The zero-order valence-electron chi connectivity index (χ0n) is 13.1. The number of hydrogen-bond donors (Lipinski definition) is 1. The van der Waals surface area contributed by atoms with Crippen molar-refractivity contribution in [2.45, 2.75) is 33.1 Å². The van der Waals surface area contributed by atoms with E-state index in [1.54, 1.807) is 11.3 Å². The predicted octanol–water partition coefficient (Wildman–Crippen LogP) is 2.90. The SMILES string of the molecule is Cc1cc2c(cc1C)C(C(=O)NCCc1scnc1C)CO2. The molecule has 116 valence electrons. The number of ether oxygens (including phenoxy) is 1. The van der Waals surface area contributed by atoms with Gasteiger partial charge in [-0.3, -0.25) is 4.79 Å². The van der Waals surface area contributed by atoms with Gasteiger partial charge in [-0.1, -0.05) is 6.07 Å². The first kappa shape index (κ1) is 15.0. The summed E-state index contributed by atoms with van der Waals surface area (Å²) in [5.74, 6) is 0.697. The summed E-state index contributed by atoms with van der Waals surface area (Å²) in [5, 5.41) is 3.03. The quantitative estimate of drug-likeness (QED) is 0.943. The van der Waals surface area contributed by atoms with E-state index in [0.717, 1.165) is 23.4 Å². The van der Waals surface area contributed by atoms with Crippen LogP contribution in [0.3, 0.4) is 0 Å². The standard InChI is InChI=1S/C17H20N2O2S/c1-10-6-13-14(8-21-15(13)7-11(10)2)17(20)18-5-4-16-12(3)19-9-22-16/h6-7,9,14H,4-5,8H2,1-3H3,(H,18,20). The molecule has 3 rings (SSSR count). The third kappa shape index (κ3) is 2.86. The highest BCUT2D eigenvalue weighted by Gasteiger charge is 2.30. The second-order valence-electron chi connectivity index (χ2n) is 5.74. The summed E-state index contributed by atoms with van der Waals surface area (Å²) in [6.45, 7) is 7.20. The maximum absolute atomic E-state index is 12.4. The third-order valence-corrected chi connectivity index (χ3v) is 5.21. The number of nitrogens with one attached hydrogen (secondary N) is 1. The number of hydrogen-bond acceptors (Lipinski definition) is 4. The van der Waals surface area contributed by atoms with E-state index in [0.29, 0.717) is 13.2 Å². The number of rotatable bonds is 4. The fraction of sp³-hybridized carbons (Fsp3) is 0.412. The van der Waals surface area contributed by atoms with Crippen molar-refractivity contribution >= 4 is 17.2 Å². The number of nitrogens with zero attached hydrogens (tertiary/aromatic N) is 1. The summed E-state index contributed by atoms with van der Waals surface area (Å²) in [7, 11) is 0. The van der Waals surface area contributed by atoms with E-state index >= 15 is 0 Å². The summed E-state index contributed by atoms with van der Waals surface area (Å²) in [6.07, 6.45) is 0.829. The van der Waals surface area contributed by atoms with E-state index in [1.807, 2.05) is 18.5 Å². The predicted molar refractivity (Wildman–Crippen MR) is 87.7 cm³/mol. The van der Waals surface area contributed by atoms with Gasteiger partial charge in [0.15, 0.2) is 0 Å². The molecule has 1 amide bonds. The number of aryl methyl sites for hydroxylation is 3. The molecule has 5 heteroatoms. The van der Waals surface area contributed by atoms with E-state index in [2.05, 4.69) is 30.2 Å². The molecule has 2 aromatic rings. The van der Waals surface area contributed by atoms with Crippen molar-refractivity contribution in [2.24, 2.45) is 0 Å². The summed E-state index contributed by atoms with van der Waals surface area (Å²) in [4.78, 5) is 17.9. The summed E-state index contributed by atoms with van der Waals surface area (Å²) in [5.41, 5.74) is 6.30. The number of carbonyl (C=O) groups is 1. The fourth-order valence-corrected chi connectivity index (χ4v) is 3.46. The average molecular weight is 316 g/mol. The van der Waals surface area contributed by atoms with Crippen LogP contribution in [0.4, 0.5) is 0 Å². The van der Waals surface area contributed by atoms with E-state index in [4.69, 9.17) is 4.74 Å². The molecule has 1 unspecified atom stereocenters. The van der Waals surface area contributed by atoms with Crippen molar-refractivity contribution in [3.05, 3.63) is 44.9 Å². The van der Waals surface area contributed by atoms with Crippen LogP contribution in [0.25, 0.3) is 0 Å². The van der Waals surface area contributed by atoms with Crippen molar-refractivity contribution in [3.8, 4) is 5.75 Å². The van der Waals surface area contributed by atoms with Gasteiger partial charge >= 0.3 is 0 Å². The monoisotopic (exact) mass is 316 g/mol. The van der Waals surface area contributed by atoms with E-state index in [9.17, 15) is 4.79 Å². The molecule has 1 atom stereocenters. The Labute approximate surface area is 134 Å². The molecule has 2 heterocycles. The van der Waals surface area contributed by atoms with Gasteiger partial charge in [-0.15, -0.1) is 11.3 Å². The second-order valence-corrected chi connectivity index (χ2v) is 6.68. The van der Waals surface area contributed by atoms with Crippen LogP contribution in [-0.4, -0.2) is 24.0 Å². The minimum atomic E-state index is -0.197. The van der Waals surface area contributed by atoms with Crippen LogP contribution >= 0.6 is 11.3 Å². The smallest absolute Gasteiger partial charge is 0.231 e. The number of carbonyl (C=O) groups excluding carboxylic acids is 1. The molecule has 4 nitrogen and oxygen atoms in total. The highest BCUT2D eigenvalue weighted by molar-refractivity contribution is 7.09. The molecule has 1 aliphatic heterocycles. The molecule has 0 fully saturated rings. The molecule has 1 aromatic carbocycles. The van der Waals surface area contributed by atoms with Crippen molar-refractivity contribution in [3.63, 3.8) is 0 Å². The maximum Gasteiger partial charge on any atom is 0.231 e. The van der Waals surface area contributed by atoms with Crippen molar-refractivity contribution in [2.75, 3.05) is 13.2 Å². The van der Waals surface area contributed by atoms with Crippen molar-refractivity contribution in [1.82, 2.24) is 10.3 Å². The van der Waals surface area contributed by atoms with Gasteiger partial charge < -0.3 is 10.1 Å². The van der Waals surface area contributed by atoms with Gasteiger partial charge in [0.05, 0.1) is 11.2 Å². The Kier molecular flexibility index (Phi) is 4.16. The van der Waals surface area contributed by atoms with Crippen LogP contribution in [-0.2, 0) is 11.2 Å². The Balaban J connectivity index is 1.63. The molecular weight excluding hydrogens is 296 g/mol. The molecular formula is C17H20N2O2S. The third-order valence-electron chi connectivity index (χ3n) is 4.22. The molecule has 0 saturated heterocycles. The Bertz CT molecular complexity index is 709. The lowest BCUT2D eigenvalue weighted by molar-refractivity contribution is -0.122. The first-order valence-corrected chi connectivity index (χ1v) is 8.35. The molecule has 1 aromatic heterocycles. The van der Waals surface area contributed by atoms with Crippen LogP contribution in [0.2, 0.25) is 0 Å². The Morgan fingerprint density at radius 1 is 1.36 bits per heavy atom. The van der Waals surface area contributed by atoms with Crippen LogP contribution in [0.5, 0.6) is 5.75 Å². The molecule has 22 heavy (non-hydrogen) atoms. The first-order valence-electron chi connectivity index (χ1n) is 7.47. The fourth-order valence-electron chi connectivity index (χ4n) is 2.68. The molecule has 1 N–H and O–H groups in total. The van der Waals surface area contributed by atoms with Crippen molar-refractivity contribution < 1.29 is 9.53 Å². The van der Waals surface area contributed by atoms with Gasteiger partial charge in [0.25, 0.3) is 0 Å². The highest BCUT2D eigenvalue weighted by Crippen LogP contribution is 2.36. The maximum atomic E-state index is 12.4. The van der Waals surface area contributed by atoms with Gasteiger partial charge in [0.2, 0.25) is 5.91 Å². The zero-order valence-corrected chi connectivity index (χ0v) is 13.9. The number of amides is 1. The Morgan fingerprint density at radius 3 is 2.86 bits per heavy atom. The first-order chi connectivity index (χ1) is 10.6. The Hall–Kier alpha value is -1.88. The summed E-state index contributed by atoms with van der Waals surface area (Å²) in [6, 6.07) is 4.11. The minimum Gasteiger partial charge on any atom is -0.492 e. The summed E-state index contributed by atoms with van der Waals surface area (Å²) >= 11 is 1.64. The Morgan fingerprint density at radius 2 is 2.14 bits per heavy atom.